The number of anilines is 1. The molecular formula is C19H22ClFN4O. The van der Waals surface area contributed by atoms with Crippen LogP contribution in [-0.4, -0.2) is 36.1 Å². The number of halogens is 2. The number of aromatic nitrogens is 1. The lowest BCUT2D eigenvalue weighted by Crippen LogP contribution is -2.36. The minimum Gasteiger partial charge on any atom is -0.357 e. The number of hydrogen-bond acceptors (Lipinski definition) is 3. The molecule has 1 aromatic carbocycles. The second-order valence-corrected chi connectivity index (χ2v) is 6.84. The van der Waals surface area contributed by atoms with Crippen LogP contribution in [0, 0.1) is 5.82 Å². The van der Waals surface area contributed by atoms with Gasteiger partial charge >= 0.3 is 6.03 Å². The number of carbonyl (C=O) groups is 1. The lowest BCUT2D eigenvalue weighted by Gasteiger charge is -2.19. The molecule has 2 amide bonds. The van der Waals surface area contributed by atoms with Crippen LogP contribution in [-0.2, 0) is 13.1 Å². The molecule has 3 rings (SSSR count). The largest absolute Gasteiger partial charge is 0.357 e. The molecule has 0 atom stereocenters. The van der Waals surface area contributed by atoms with Crippen molar-refractivity contribution < 1.29 is 9.18 Å². The molecule has 0 radical (unpaired) electrons. The third-order valence-electron chi connectivity index (χ3n) is 4.49. The van der Waals surface area contributed by atoms with Crippen molar-refractivity contribution in [3.05, 3.63) is 58.5 Å². The molecule has 2 aromatic rings. The molecule has 0 unspecified atom stereocenters. The SMILES string of the molecule is CN(Cc1c(F)cccc1Cl)C(=O)NCc1ccc(N2CCCC2)nc1. The van der Waals surface area contributed by atoms with E-state index in [1.165, 1.54) is 23.8 Å². The molecule has 1 fully saturated rings. The number of urea groups is 1. The Morgan fingerprint density at radius 1 is 1.31 bits per heavy atom. The van der Waals surface area contributed by atoms with E-state index in [1.807, 2.05) is 12.1 Å². The summed E-state index contributed by atoms with van der Waals surface area (Å²) in [5.74, 6) is 0.558. The highest BCUT2D eigenvalue weighted by atomic mass is 35.5. The molecule has 1 N–H and O–H groups in total. The van der Waals surface area contributed by atoms with Gasteiger partial charge in [-0.3, -0.25) is 0 Å². The fourth-order valence-corrected chi connectivity index (χ4v) is 3.18. The zero-order chi connectivity index (χ0) is 18.5. The number of pyridine rings is 1. The van der Waals surface area contributed by atoms with E-state index >= 15 is 0 Å². The molecule has 1 aliphatic rings. The average molecular weight is 377 g/mol. The Hall–Kier alpha value is -2.34. The first-order valence-electron chi connectivity index (χ1n) is 8.66. The summed E-state index contributed by atoms with van der Waals surface area (Å²) in [5, 5.41) is 3.13. The Balaban J connectivity index is 1.53. The predicted octanol–water partition coefficient (Wildman–Crippen LogP) is 3.82. The number of rotatable bonds is 5. The summed E-state index contributed by atoms with van der Waals surface area (Å²) in [4.78, 5) is 20.4. The van der Waals surface area contributed by atoms with E-state index in [2.05, 4.69) is 15.2 Å². The Kier molecular flexibility index (Phi) is 5.93. The molecule has 0 spiro atoms. The van der Waals surface area contributed by atoms with Gasteiger partial charge in [0.1, 0.15) is 11.6 Å². The van der Waals surface area contributed by atoms with Crippen LogP contribution in [0.5, 0.6) is 0 Å². The Labute approximate surface area is 157 Å². The van der Waals surface area contributed by atoms with Gasteiger partial charge in [-0.15, -0.1) is 0 Å². The van der Waals surface area contributed by atoms with E-state index in [9.17, 15) is 9.18 Å². The second kappa shape index (κ2) is 8.36. The van der Waals surface area contributed by atoms with Gasteiger partial charge in [-0.1, -0.05) is 23.7 Å². The van der Waals surface area contributed by atoms with Crippen LogP contribution in [0.2, 0.25) is 5.02 Å². The van der Waals surface area contributed by atoms with Crippen molar-refractivity contribution in [3.8, 4) is 0 Å². The first-order valence-corrected chi connectivity index (χ1v) is 9.04. The van der Waals surface area contributed by atoms with Gasteiger partial charge in [0.25, 0.3) is 0 Å². The van der Waals surface area contributed by atoms with Crippen LogP contribution in [0.25, 0.3) is 0 Å². The second-order valence-electron chi connectivity index (χ2n) is 6.43. The number of nitrogens with one attached hydrogen (secondary N) is 1. The van der Waals surface area contributed by atoms with Crippen molar-refractivity contribution in [1.29, 1.82) is 0 Å². The summed E-state index contributed by atoms with van der Waals surface area (Å²) in [7, 11) is 1.60. The van der Waals surface area contributed by atoms with Gasteiger partial charge < -0.3 is 15.1 Å². The highest BCUT2D eigenvalue weighted by Gasteiger charge is 2.15. The molecule has 0 aliphatic carbocycles. The third-order valence-corrected chi connectivity index (χ3v) is 4.84. The quantitative estimate of drug-likeness (QED) is 0.863. The predicted molar refractivity (Wildman–Crippen MR) is 101 cm³/mol. The maximum atomic E-state index is 13.8. The Morgan fingerprint density at radius 3 is 2.73 bits per heavy atom. The van der Waals surface area contributed by atoms with Gasteiger partial charge in [-0.2, -0.15) is 0 Å². The van der Waals surface area contributed by atoms with Crippen molar-refractivity contribution in [1.82, 2.24) is 15.2 Å². The number of benzene rings is 1. The van der Waals surface area contributed by atoms with Crippen LogP contribution in [0.15, 0.2) is 36.5 Å². The highest BCUT2D eigenvalue weighted by molar-refractivity contribution is 6.31. The maximum absolute atomic E-state index is 13.8. The summed E-state index contributed by atoms with van der Waals surface area (Å²) < 4.78 is 13.8. The molecule has 138 valence electrons. The number of carbonyl (C=O) groups excluding carboxylic acids is 1. The van der Waals surface area contributed by atoms with Gasteiger partial charge in [0, 0.05) is 43.5 Å². The van der Waals surface area contributed by atoms with Crippen LogP contribution < -0.4 is 10.2 Å². The van der Waals surface area contributed by atoms with Gasteiger partial charge in [-0.25, -0.2) is 14.2 Å². The van der Waals surface area contributed by atoms with E-state index in [0.29, 0.717) is 17.1 Å². The monoisotopic (exact) mass is 376 g/mol. The molecule has 1 aromatic heterocycles. The molecule has 7 heteroatoms. The standard InChI is InChI=1S/C19H22ClFN4O/c1-24(13-15-16(20)5-4-6-17(15)21)19(26)23-12-14-7-8-18(22-11-14)25-9-2-3-10-25/h4-8,11H,2-3,9-10,12-13H2,1H3,(H,23,26). The fraction of sp³-hybridized carbons (Fsp3) is 0.368. The summed E-state index contributed by atoms with van der Waals surface area (Å²) in [6.07, 6.45) is 4.19. The van der Waals surface area contributed by atoms with Gasteiger partial charge in [0.05, 0.1) is 6.54 Å². The van der Waals surface area contributed by atoms with Gasteiger partial charge in [-0.05, 0) is 36.6 Å². The normalized spacial score (nSPS) is 13.7. The van der Waals surface area contributed by atoms with Crippen molar-refractivity contribution in [2.24, 2.45) is 0 Å². The maximum Gasteiger partial charge on any atom is 0.317 e. The van der Waals surface area contributed by atoms with Crippen LogP contribution in [0.3, 0.4) is 0 Å². The van der Waals surface area contributed by atoms with Crippen LogP contribution in [0.1, 0.15) is 24.0 Å². The molecule has 26 heavy (non-hydrogen) atoms. The van der Waals surface area contributed by atoms with E-state index in [-0.39, 0.29) is 12.6 Å². The lowest BCUT2D eigenvalue weighted by atomic mass is 10.2. The highest BCUT2D eigenvalue weighted by Crippen LogP contribution is 2.20. The van der Waals surface area contributed by atoms with Gasteiger partial charge in [0.2, 0.25) is 0 Å². The molecule has 5 nitrogen and oxygen atoms in total. The van der Waals surface area contributed by atoms with E-state index in [4.69, 9.17) is 11.6 Å². The van der Waals surface area contributed by atoms with Crippen molar-refractivity contribution >= 4 is 23.4 Å². The zero-order valence-electron chi connectivity index (χ0n) is 14.7. The minimum atomic E-state index is -0.418. The number of amides is 2. The van der Waals surface area contributed by atoms with Gasteiger partial charge in [0.15, 0.2) is 0 Å². The van der Waals surface area contributed by atoms with Crippen molar-refractivity contribution in [3.63, 3.8) is 0 Å². The smallest absolute Gasteiger partial charge is 0.317 e. The van der Waals surface area contributed by atoms with E-state index in [1.54, 1.807) is 25.4 Å². The average Bonchev–Trinajstić information content (AvgIpc) is 3.18. The third kappa shape index (κ3) is 4.43. The molecule has 0 bridgehead atoms. The summed E-state index contributed by atoms with van der Waals surface area (Å²) in [5.41, 5.74) is 1.22. The van der Waals surface area contributed by atoms with Crippen molar-refractivity contribution in [2.45, 2.75) is 25.9 Å². The van der Waals surface area contributed by atoms with Crippen LogP contribution >= 0.6 is 11.6 Å². The summed E-state index contributed by atoms with van der Waals surface area (Å²) in [6, 6.07) is 8.14. The molecule has 2 heterocycles. The first kappa shape index (κ1) is 18.5. The molecule has 1 saturated heterocycles. The zero-order valence-corrected chi connectivity index (χ0v) is 15.5. The van der Waals surface area contributed by atoms with E-state index < -0.39 is 5.82 Å². The first-order chi connectivity index (χ1) is 12.5. The molecule has 1 aliphatic heterocycles. The molecule has 0 saturated carbocycles. The van der Waals surface area contributed by atoms with E-state index in [0.717, 1.165) is 24.5 Å². The summed E-state index contributed by atoms with van der Waals surface area (Å²) >= 11 is 6.01. The lowest BCUT2D eigenvalue weighted by molar-refractivity contribution is 0.206. The topological polar surface area (TPSA) is 48.5 Å². The molecular weight excluding hydrogens is 355 g/mol. The number of nitrogens with zero attached hydrogens (tertiary/aromatic N) is 3. The fourth-order valence-electron chi connectivity index (χ4n) is 2.96. The minimum absolute atomic E-state index is 0.101. The summed E-state index contributed by atoms with van der Waals surface area (Å²) in [6.45, 7) is 2.56. The number of hydrogen-bond donors (Lipinski definition) is 1. The van der Waals surface area contributed by atoms with Crippen molar-refractivity contribution in [2.75, 3.05) is 25.0 Å². The van der Waals surface area contributed by atoms with Crippen LogP contribution in [0.4, 0.5) is 15.0 Å². The Bertz CT molecular complexity index is 742. The Morgan fingerprint density at radius 2 is 2.08 bits per heavy atom.